The second kappa shape index (κ2) is 9.85. The fourth-order valence-electron chi connectivity index (χ4n) is 4.36. The van der Waals surface area contributed by atoms with Crippen LogP contribution in [0.25, 0.3) is 0 Å². The minimum Gasteiger partial charge on any atom is -0.550 e. The van der Waals surface area contributed by atoms with Crippen LogP contribution in [-0.4, -0.2) is 48.9 Å². The lowest BCUT2D eigenvalue weighted by Gasteiger charge is -2.36. The molecule has 2 aliphatic rings. The highest BCUT2D eigenvalue weighted by Gasteiger charge is 2.31. The summed E-state index contributed by atoms with van der Waals surface area (Å²) >= 11 is 0. The molecule has 1 heterocycles. The Morgan fingerprint density at radius 3 is 2.18 bits per heavy atom. The Morgan fingerprint density at radius 2 is 1.52 bits per heavy atom. The summed E-state index contributed by atoms with van der Waals surface area (Å²) in [6, 6.07) is 13.0. The van der Waals surface area contributed by atoms with E-state index in [-0.39, 0.29) is 18.1 Å². The van der Waals surface area contributed by atoms with Gasteiger partial charge in [0.15, 0.2) is 0 Å². The van der Waals surface area contributed by atoms with E-state index in [2.05, 4.69) is 10.2 Å². The molecule has 2 amide bonds. The monoisotopic (exact) mass is 450 g/mol. The second-order valence-electron chi connectivity index (χ2n) is 8.27. The Balaban J connectivity index is 1.43. The summed E-state index contributed by atoms with van der Waals surface area (Å²) in [6.45, 7) is 2.18. The highest BCUT2D eigenvalue weighted by Crippen LogP contribution is 2.28. The van der Waals surface area contributed by atoms with E-state index in [9.17, 15) is 23.9 Å². The molecule has 2 aromatic carbocycles. The van der Waals surface area contributed by atoms with Gasteiger partial charge in [0.05, 0.1) is 17.2 Å². The summed E-state index contributed by atoms with van der Waals surface area (Å²) in [5, 5.41) is 14.2. The molecule has 1 saturated heterocycles. The van der Waals surface area contributed by atoms with Gasteiger partial charge in [0.2, 0.25) is 5.91 Å². The largest absolute Gasteiger partial charge is 0.550 e. The van der Waals surface area contributed by atoms with Gasteiger partial charge in [0.1, 0.15) is 5.82 Å². The smallest absolute Gasteiger partial charge is 0.256 e. The van der Waals surface area contributed by atoms with Crippen molar-refractivity contribution in [2.24, 2.45) is 11.8 Å². The summed E-state index contributed by atoms with van der Waals surface area (Å²) in [7, 11) is 0. The number of aliphatic carboxylic acids is 1. The lowest BCUT2D eigenvalue weighted by Crippen LogP contribution is -2.49. The number of rotatable bonds is 5. The van der Waals surface area contributed by atoms with Crippen LogP contribution in [0.15, 0.2) is 60.7 Å². The van der Waals surface area contributed by atoms with Crippen LogP contribution in [0, 0.1) is 17.7 Å². The number of benzene rings is 2. The number of carboxylic acid groups (broad SMARTS) is 1. The van der Waals surface area contributed by atoms with E-state index in [4.69, 9.17) is 0 Å². The van der Waals surface area contributed by atoms with Crippen LogP contribution in [0.3, 0.4) is 0 Å². The minimum atomic E-state index is -1.25. The number of carboxylic acids is 1. The number of carbonyl (C=O) groups excluding carboxylic acids is 3. The lowest BCUT2D eigenvalue weighted by atomic mass is 9.82. The number of carbonyl (C=O) groups is 3. The Morgan fingerprint density at radius 1 is 0.879 bits per heavy atom. The van der Waals surface area contributed by atoms with Gasteiger partial charge in [0.25, 0.3) is 5.91 Å². The van der Waals surface area contributed by atoms with E-state index in [1.54, 1.807) is 53.5 Å². The highest BCUT2D eigenvalue weighted by molar-refractivity contribution is 6.04. The first-order valence-electron chi connectivity index (χ1n) is 11.0. The van der Waals surface area contributed by atoms with Crippen LogP contribution in [-0.2, 0) is 9.59 Å². The van der Waals surface area contributed by atoms with Crippen LogP contribution in [0.2, 0.25) is 0 Å². The number of anilines is 2. The van der Waals surface area contributed by atoms with E-state index >= 15 is 0 Å². The average molecular weight is 450 g/mol. The molecule has 1 N–H and O–H groups in total. The second-order valence-corrected chi connectivity index (χ2v) is 8.27. The molecule has 0 spiro atoms. The van der Waals surface area contributed by atoms with Crippen molar-refractivity contribution in [1.29, 1.82) is 0 Å². The van der Waals surface area contributed by atoms with Gasteiger partial charge in [-0.15, -0.1) is 0 Å². The third kappa shape index (κ3) is 5.05. The first-order chi connectivity index (χ1) is 15.9. The fourth-order valence-corrected chi connectivity index (χ4v) is 4.36. The van der Waals surface area contributed by atoms with Crippen molar-refractivity contribution in [2.75, 3.05) is 36.4 Å². The maximum atomic E-state index is 13.2. The van der Waals surface area contributed by atoms with E-state index in [0.29, 0.717) is 43.9 Å². The summed E-state index contributed by atoms with van der Waals surface area (Å²) < 4.78 is 13.2. The zero-order chi connectivity index (χ0) is 23.4. The van der Waals surface area contributed by atoms with Gasteiger partial charge in [-0.05, 0) is 49.2 Å². The SMILES string of the molecule is O=C([O-])[C@H]1CC=CC[C@@H]1C(=O)Nc1ccccc1C(=O)N1CCN(c2ccc(F)cc2)CC1. The summed E-state index contributed by atoms with van der Waals surface area (Å²) in [4.78, 5) is 41.3. The van der Waals surface area contributed by atoms with Crippen LogP contribution in [0.5, 0.6) is 0 Å². The molecule has 0 aromatic heterocycles. The van der Waals surface area contributed by atoms with Gasteiger partial charge in [0, 0.05) is 43.8 Å². The zero-order valence-electron chi connectivity index (χ0n) is 18.1. The number of piperazine rings is 1. The molecule has 0 saturated carbocycles. The first kappa shape index (κ1) is 22.5. The quantitative estimate of drug-likeness (QED) is 0.704. The van der Waals surface area contributed by atoms with E-state index in [1.165, 1.54) is 12.1 Å². The van der Waals surface area contributed by atoms with Crippen molar-refractivity contribution in [3.8, 4) is 0 Å². The summed E-state index contributed by atoms with van der Waals surface area (Å²) in [5.74, 6) is -3.82. The third-order valence-corrected chi connectivity index (χ3v) is 6.25. The van der Waals surface area contributed by atoms with Gasteiger partial charge in [-0.1, -0.05) is 24.3 Å². The number of nitrogens with zero attached hydrogens (tertiary/aromatic N) is 2. The molecule has 8 heteroatoms. The predicted octanol–water partition coefficient (Wildman–Crippen LogP) is 2.06. The van der Waals surface area contributed by atoms with Crippen molar-refractivity contribution < 1.29 is 23.9 Å². The standard InChI is InChI=1S/C25H26FN3O4/c26-17-9-11-18(12-10-17)28-13-15-29(16-14-28)24(31)21-7-3-4-8-22(21)27-23(30)19-5-1-2-6-20(19)25(32)33/h1-4,7-12,19-20H,5-6,13-16H2,(H,27,30)(H,32,33)/p-1/t19-,20-/m0/s1. The summed E-state index contributed by atoms with van der Waals surface area (Å²) in [6.07, 6.45) is 4.10. The number of hydrogen-bond acceptors (Lipinski definition) is 5. The molecule has 7 nitrogen and oxygen atoms in total. The maximum absolute atomic E-state index is 13.2. The summed E-state index contributed by atoms with van der Waals surface area (Å²) in [5.41, 5.74) is 1.62. The number of allylic oxidation sites excluding steroid dienone is 2. The van der Waals surface area contributed by atoms with E-state index < -0.39 is 23.7 Å². The Labute approximate surface area is 191 Å². The van der Waals surface area contributed by atoms with Crippen molar-refractivity contribution in [2.45, 2.75) is 12.8 Å². The molecule has 33 heavy (non-hydrogen) atoms. The molecular formula is C25H25FN3O4-. The van der Waals surface area contributed by atoms with Crippen molar-refractivity contribution in [1.82, 2.24) is 4.90 Å². The van der Waals surface area contributed by atoms with Crippen molar-refractivity contribution >= 4 is 29.2 Å². The topological polar surface area (TPSA) is 92.8 Å². The normalized spacial score (nSPS) is 20.4. The number of para-hydroxylation sites is 1. The molecule has 1 aliphatic carbocycles. The van der Waals surface area contributed by atoms with Gasteiger partial charge in [-0.2, -0.15) is 0 Å². The van der Waals surface area contributed by atoms with E-state index in [1.807, 2.05) is 0 Å². The van der Waals surface area contributed by atoms with Crippen LogP contribution in [0.4, 0.5) is 15.8 Å². The predicted molar refractivity (Wildman–Crippen MR) is 120 cm³/mol. The molecule has 0 bridgehead atoms. The molecule has 4 rings (SSSR count). The van der Waals surface area contributed by atoms with Crippen LogP contribution < -0.4 is 15.3 Å². The van der Waals surface area contributed by atoms with E-state index in [0.717, 1.165) is 5.69 Å². The Kier molecular flexibility index (Phi) is 6.72. The Bertz CT molecular complexity index is 1060. The molecule has 0 unspecified atom stereocenters. The Hall–Kier alpha value is -3.68. The number of halogens is 1. The average Bonchev–Trinajstić information content (AvgIpc) is 2.84. The molecule has 2 aromatic rings. The van der Waals surface area contributed by atoms with Gasteiger partial charge < -0.3 is 25.0 Å². The molecule has 1 aliphatic heterocycles. The van der Waals surface area contributed by atoms with Gasteiger partial charge in [-0.25, -0.2) is 4.39 Å². The van der Waals surface area contributed by atoms with Gasteiger partial charge >= 0.3 is 0 Å². The van der Waals surface area contributed by atoms with Crippen LogP contribution >= 0.6 is 0 Å². The first-order valence-corrected chi connectivity index (χ1v) is 11.0. The number of nitrogens with one attached hydrogen (secondary N) is 1. The minimum absolute atomic E-state index is 0.204. The lowest BCUT2D eigenvalue weighted by molar-refractivity contribution is -0.313. The van der Waals surface area contributed by atoms with Crippen molar-refractivity contribution in [3.05, 3.63) is 72.1 Å². The highest BCUT2D eigenvalue weighted by atomic mass is 19.1. The fraction of sp³-hybridized carbons (Fsp3) is 0.320. The van der Waals surface area contributed by atoms with Crippen LogP contribution in [0.1, 0.15) is 23.2 Å². The molecule has 2 atom stereocenters. The maximum Gasteiger partial charge on any atom is 0.256 e. The third-order valence-electron chi connectivity index (χ3n) is 6.25. The molecule has 1 fully saturated rings. The number of hydrogen-bond donors (Lipinski definition) is 1. The number of amides is 2. The molecular weight excluding hydrogens is 425 g/mol. The van der Waals surface area contributed by atoms with Gasteiger partial charge in [-0.3, -0.25) is 9.59 Å². The zero-order valence-corrected chi connectivity index (χ0v) is 18.1. The van der Waals surface area contributed by atoms with Crippen molar-refractivity contribution in [3.63, 3.8) is 0 Å². The molecule has 172 valence electrons. The molecule has 0 radical (unpaired) electrons.